The Balaban J connectivity index is 2.14. The molecule has 0 saturated heterocycles. The molecule has 0 radical (unpaired) electrons. The SMILES string of the molecule is O=C(Cc1ccccc1C(F)(F)F)Nc1cc(Cl)ccn1. The lowest BCUT2D eigenvalue weighted by molar-refractivity contribution is -0.138. The van der Waals surface area contributed by atoms with Crippen LogP contribution in [0.5, 0.6) is 0 Å². The molecule has 1 amide bonds. The van der Waals surface area contributed by atoms with Gasteiger partial charge >= 0.3 is 6.18 Å². The number of aromatic nitrogens is 1. The Labute approximate surface area is 123 Å². The highest BCUT2D eigenvalue weighted by molar-refractivity contribution is 6.30. The third-order valence-electron chi connectivity index (χ3n) is 2.66. The summed E-state index contributed by atoms with van der Waals surface area (Å²) in [7, 11) is 0. The van der Waals surface area contributed by atoms with Crippen molar-refractivity contribution in [2.75, 3.05) is 5.32 Å². The molecule has 0 fully saturated rings. The minimum Gasteiger partial charge on any atom is -0.310 e. The van der Waals surface area contributed by atoms with E-state index in [1.807, 2.05) is 0 Å². The average molecular weight is 315 g/mol. The van der Waals surface area contributed by atoms with Crippen molar-refractivity contribution < 1.29 is 18.0 Å². The van der Waals surface area contributed by atoms with Gasteiger partial charge in [-0.2, -0.15) is 13.2 Å². The molecule has 3 nitrogen and oxygen atoms in total. The molecular weight excluding hydrogens is 305 g/mol. The van der Waals surface area contributed by atoms with E-state index in [2.05, 4.69) is 10.3 Å². The van der Waals surface area contributed by atoms with Crippen molar-refractivity contribution in [3.8, 4) is 0 Å². The molecule has 1 N–H and O–H groups in total. The maximum atomic E-state index is 12.8. The molecule has 1 heterocycles. The molecule has 0 aliphatic carbocycles. The Morgan fingerprint density at radius 3 is 2.62 bits per heavy atom. The van der Waals surface area contributed by atoms with Crippen LogP contribution in [0.4, 0.5) is 19.0 Å². The standard InChI is InChI=1S/C14H10ClF3N2O/c15-10-5-6-19-12(8-10)20-13(21)7-9-3-1-2-4-11(9)14(16,17)18/h1-6,8H,7H2,(H,19,20,21). The summed E-state index contributed by atoms with van der Waals surface area (Å²) in [6, 6.07) is 7.89. The Morgan fingerprint density at radius 1 is 1.24 bits per heavy atom. The highest BCUT2D eigenvalue weighted by atomic mass is 35.5. The number of halogens is 4. The van der Waals surface area contributed by atoms with E-state index in [9.17, 15) is 18.0 Å². The second-order valence-electron chi connectivity index (χ2n) is 4.24. The zero-order valence-corrected chi connectivity index (χ0v) is 11.4. The molecule has 0 unspecified atom stereocenters. The van der Waals surface area contributed by atoms with Crippen LogP contribution < -0.4 is 5.32 Å². The van der Waals surface area contributed by atoms with Gasteiger partial charge in [-0.05, 0) is 23.8 Å². The van der Waals surface area contributed by atoms with E-state index >= 15 is 0 Å². The molecule has 0 bridgehead atoms. The van der Waals surface area contributed by atoms with Crippen molar-refractivity contribution in [3.05, 3.63) is 58.7 Å². The first-order valence-electron chi connectivity index (χ1n) is 5.93. The average Bonchev–Trinajstić information content (AvgIpc) is 2.37. The predicted molar refractivity (Wildman–Crippen MR) is 73.0 cm³/mol. The third-order valence-corrected chi connectivity index (χ3v) is 2.90. The number of nitrogens with zero attached hydrogens (tertiary/aromatic N) is 1. The van der Waals surface area contributed by atoms with Gasteiger partial charge in [-0.15, -0.1) is 0 Å². The summed E-state index contributed by atoms with van der Waals surface area (Å²) < 4.78 is 38.5. The van der Waals surface area contributed by atoms with Crippen LogP contribution in [-0.4, -0.2) is 10.9 Å². The number of pyridine rings is 1. The highest BCUT2D eigenvalue weighted by Gasteiger charge is 2.33. The fourth-order valence-electron chi connectivity index (χ4n) is 1.78. The van der Waals surface area contributed by atoms with Crippen LogP contribution >= 0.6 is 11.6 Å². The topological polar surface area (TPSA) is 42.0 Å². The van der Waals surface area contributed by atoms with Crippen molar-refractivity contribution in [2.24, 2.45) is 0 Å². The van der Waals surface area contributed by atoms with Crippen LogP contribution in [0, 0.1) is 0 Å². The molecule has 110 valence electrons. The van der Waals surface area contributed by atoms with E-state index in [-0.39, 0.29) is 11.4 Å². The van der Waals surface area contributed by atoms with Gasteiger partial charge in [0.2, 0.25) is 5.91 Å². The lowest BCUT2D eigenvalue weighted by Gasteiger charge is -2.12. The predicted octanol–water partition coefficient (Wildman–Crippen LogP) is 3.94. The van der Waals surface area contributed by atoms with Gasteiger partial charge in [0.15, 0.2) is 0 Å². The summed E-state index contributed by atoms with van der Waals surface area (Å²) in [5, 5.41) is 2.78. The first-order valence-corrected chi connectivity index (χ1v) is 6.30. The van der Waals surface area contributed by atoms with Gasteiger partial charge in [0.1, 0.15) is 5.82 Å². The molecule has 0 aliphatic rings. The minimum absolute atomic E-state index is 0.0930. The van der Waals surface area contributed by atoms with Crippen LogP contribution in [0.3, 0.4) is 0 Å². The van der Waals surface area contributed by atoms with Crippen molar-refractivity contribution in [3.63, 3.8) is 0 Å². The number of nitrogens with one attached hydrogen (secondary N) is 1. The van der Waals surface area contributed by atoms with E-state index in [0.717, 1.165) is 6.07 Å². The fraction of sp³-hybridized carbons (Fsp3) is 0.143. The number of alkyl halides is 3. The summed E-state index contributed by atoms with van der Waals surface area (Å²) in [6.07, 6.45) is -3.50. The quantitative estimate of drug-likeness (QED) is 0.932. The first kappa shape index (κ1) is 15.3. The Morgan fingerprint density at radius 2 is 1.95 bits per heavy atom. The Kier molecular flexibility index (Phi) is 4.47. The summed E-state index contributed by atoms with van der Waals surface area (Å²) in [5.74, 6) is -0.404. The Bertz CT molecular complexity index is 659. The van der Waals surface area contributed by atoms with Crippen LogP contribution in [0.25, 0.3) is 0 Å². The first-order chi connectivity index (χ1) is 9.86. The van der Waals surface area contributed by atoms with E-state index < -0.39 is 24.1 Å². The highest BCUT2D eigenvalue weighted by Crippen LogP contribution is 2.32. The van der Waals surface area contributed by atoms with Crippen molar-refractivity contribution in [1.82, 2.24) is 4.98 Å². The van der Waals surface area contributed by atoms with Crippen LogP contribution in [0.1, 0.15) is 11.1 Å². The van der Waals surface area contributed by atoms with E-state index in [0.29, 0.717) is 5.02 Å². The third kappa shape index (κ3) is 4.19. The lowest BCUT2D eigenvalue weighted by Crippen LogP contribution is -2.18. The van der Waals surface area contributed by atoms with Gasteiger partial charge in [-0.1, -0.05) is 29.8 Å². The van der Waals surface area contributed by atoms with E-state index in [1.54, 1.807) is 0 Å². The summed E-state index contributed by atoms with van der Waals surface area (Å²) in [4.78, 5) is 15.7. The molecule has 0 saturated carbocycles. The number of carbonyl (C=O) groups is 1. The maximum absolute atomic E-state index is 12.8. The Hall–Kier alpha value is -2.08. The normalized spacial score (nSPS) is 11.2. The summed E-state index contributed by atoms with van der Waals surface area (Å²) >= 11 is 5.73. The van der Waals surface area contributed by atoms with Crippen LogP contribution in [-0.2, 0) is 17.4 Å². The van der Waals surface area contributed by atoms with E-state index in [1.165, 1.54) is 36.5 Å². The molecule has 1 aromatic heterocycles. The lowest BCUT2D eigenvalue weighted by atomic mass is 10.0. The van der Waals surface area contributed by atoms with Crippen molar-refractivity contribution in [2.45, 2.75) is 12.6 Å². The largest absolute Gasteiger partial charge is 0.416 e. The molecule has 0 spiro atoms. The zero-order chi connectivity index (χ0) is 15.5. The van der Waals surface area contributed by atoms with Gasteiger partial charge in [0, 0.05) is 11.2 Å². The number of benzene rings is 1. The zero-order valence-electron chi connectivity index (χ0n) is 10.6. The van der Waals surface area contributed by atoms with E-state index in [4.69, 9.17) is 11.6 Å². The smallest absolute Gasteiger partial charge is 0.310 e. The number of amides is 1. The molecule has 0 atom stereocenters. The number of anilines is 1. The fourth-order valence-corrected chi connectivity index (χ4v) is 1.94. The molecule has 7 heteroatoms. The summed E-state index contributed by atoms with van der Waals surface area (Å²) in [6.45, 7) is 0. The molecule has 0 aliphatic heterocycles. The molecule has 2 aromatic rings. The number of rotatable bonds is 3. The maximum Gasteiger partial charge on any atom is 0.416 e. The van der Waals surface area contributed by atoms with Gasteiger partial charge < -0.3 is 5.32 Å². The van der Waals surface area contributed by atoms with Crippen molar-refractivity contribution in [1.29, 1.82) is 0 Å². The van der Waals surface area contributed by atoms with Crippen molar-refractivity contribution >= 4 is 23.3 Å². The van der Waals surface area contributed by atoms with Gasteiger partial charge in [0.25, 0.3) is 0 Å². The molecule has 21 heavy (non-hydrogen) atoms. The second-order valence-corrected chi connectivity index (χ2v) is 4.68. The number of hydrogen-bond acceptors (Lipinski definition) is 2. The van der Waals surface area contributed by atoms with Gasteiger partial charge in [-0.25, -0.2) is 4.98 Å². The number of hydrogen-bond donors (Lipinski definition) is 1. The van der Waals surface area contributed by atoms with Gasteiger partial charge in [-0.3, -0.25) is 4.79 Å². The van der Waals surface area contributed by atoms with Crippen LogP contribution in [0.15, 0.2) is 42.6 Å². The molecule has 1 aromatic carbocycles. The van der Waals surface area contributed by atoms with Gasteiger partial charge in [0.05, 0.1) is 12.0 Å². The van der Waals surface area contributed by atoms with Crippen LogP contribution in [0.2, 0.25) is 5.02 Å². The minimum atomic E-state index is -4.49. The summed E-state index contributed by atoms with van der Waals surface area (Å²) in [5.41, 5.74) is -0.913. The monoisotopic (exact) mass is 314 g/mol. The molecule has 2 rings (SSSR count). The molecular formula is C14H10ClF3N2O. The second kappa shape index (κ2) is 6.13. The number of carbonyl (C=O) groups excluding carboxylic acids is 1.